The number of fused-ring (bicyclic) bond motifs is 1. The van der Waals surface area contributed by atoms with Gasteiger partial charge in [-0.15, -0.1) is 11.3 Å². The highest BCUT2D eigenvalue weighted by Gasteiger charge is 2.17. The van der Waals surface area contributed by atoms with Crippen LogP contribution in [0, 0.1) is 0 Å². The number of hydrogen-bond acceptors (Lipinski definition) is 3. The lowest BCUT2D eigenvalue weighted by atomic mass is 10.2. The summed E-state index contributed by atoms with van der Waals surface area (Å²) in [5, 5.41) is 3.95. The Bertz CT molecular complexity index is 601. The molecule has 2 rings (SSSR count). The molecular formula is C14H16BrNO2S. The van der Waals surface area contributed by atoms with Crippen LogP contribution in [0.4, 0.5) is 4.79 Å². The molecule has 0 atom stereocenters. The molecule has 0 aliphatic carbocycles. The Morgan fingerprint density at radius 2 is 2.05 bits per heavy atom. The zero-order valence-corrected chi connectivity index (χ0v) is 13.5. The Kier molecular flexibility index (Phi) is 4.16. The lowest BCUT2D eigenvalue weighted by molar-refractivity contribution is 0.0524. The van der Waals surface area contributed by atoms with Crippen molar-refractivity contribution in [3.05, 3.63) is 33.6 Å². The van der Waals surface area contributed by atoms with Gasteiger partial charge >= 0.3 is 6.09 Å². The molecule has 0 saturated carbocycles. The topological polar surface area (TPSA) is 38.3 Å². The summed E-state index contributed by atoms with van der Waals surface area (Å²) >= 11 is 5.25. The number of halogens is 1. The van der Waals surface area contributed by atoms with E-state index in [4.69, 9.17) is 4.74 Å². The lowest BCUT2D eigenvalue weighted by Crippen LogP contribution is -2.32. The molecule has 3 nitrogen and oxygen atoms in total. The zero-order chi connectivity index (χ0) is 14.0. The summed E-state index contributed by atoms with van der Waals surface area (Å²) in [6, 6.07) is 8.15. The maximum atomic E-state index is 11.6. The minimum Gasteiger partial charge on any atom is -0.444 e. The number of carbonyl (C=O) groups is 1. The molecule has 0 bridgehead atoms. The van der Waals surface area contributed by atoms with Crippen molar-refractivity contribution in [2.45, 2.75) is 32.9 Å². The number of nitrogens with one attached hydrogen (secondary N) is 1. The first-order chi connectivity index (χ1) is 8.87. The van der Waals surface area contributed by atoms with Crippen LogP contribution in [0.25, 0.3) is 10.1 Å². The van der Waals surface area contributed by atoms with Crippen LogP contribution in [-0.4, -0.2) is 11.7 Å². The van der Waals surface area contributed by atoms with Crippen LogP contribution in [0.2, 0.25) is 0 Å². The van der Waals surface area contributed by atoms with E-state index in [2.05, 4.69) is 33.4 Å². The van der Waals surface area contributed by atoms with Crippen LogP contribution in [0.3, 0.4) is 0 Å². The first kappa shape index (κ1) is 14.3. The van der Waals surface area contributed by atoms with Gasteiger partial charge in [-0.3, -0.25) is 0 Å². The van der Waals surface area contributed by atoms with Crippen LogP contribution < -0.4 is 5.32 Å². The van der Waals surface area contributed by atoms with E-state index >= 15 is 0 Å². The van der Waals surface area contributed by atoms with Crippen molar-refractivity contribution in [1.29, 1.82) is 0 Å². The zero-order valence-electron chi connectivity index (χ0n) is 11.1. The first-order valence-corrected chi connectivity index (χ1v) is 7.60. The fraction of sp³-hybridized carbons (Fsp3) is 0.357. The van der Waals surface area contributed by atoms with Gasteiger partial charge in [0.1, 0.15) is 5.60 Å². The number of benzene rings is 1. The van der Waals surface area contributed by atoms with Crippen LogP contribution in [0.1, 0.15) is 25.6 Å². The average Bonchev–Trinajstić information content (AvgIpc) is 2.62. The molecule has 1 heterocycles. The van der Waals surface area contributed by atoms with Crippen molar-refractivity contribution in [3.63, 3.8) is 0 Å². The van der Waals surface area contributed by atoms with Gasteiger partial charge < -0.3 is 10.1 Å². The van der Waals surface area contributed by atoms with Crippen molar-refractivity contribution >= 4 is 43.4 Å². The quantitative estimate of drug-likeness (QED) is 0.860. The van der Waals surface area contributed by atoms with Gasteiger partial charge in [0.15, 0.2) is 0 Å². The summed E-state index contributed by atoms with van der Waals surface area (Å²) in [4.78, 5) is 12.7. The Labute approximate surface area is 125 Å². The molecule has 1 amide bonds. The summed E-state index contributed by atoms with van der Waals surface area (Å²) in [6.07, 6.45) is -0.392. The van der Waals surface area contributed by atoms with Crippen LogP contribution in [0.15, 0.2) is 28.7 Å². The van der Waals surface area contributed by atoms with Crippen molar-refractivity contribution in [2.75, 3.05) is 0 Å². The highest BCUT2D eigenvalue weighted by atomic mass is 79.9. The molecule has 5 heteroatoms. The summed E-state index contributed by atoms with van der Waals surface area (Å²) in [7, 11) is 0. The molecule has 1 aromatic carbocycles. The fourth-order valence-corrected chi connectivity index (χ4v) is 3.54. The predicted molar refractivity (Wildman–Crippen MR) is 82.6 cm³/mol. The standard InChI is InChI=1S/C14H16BrNO2S/c1-14(2,3)18-13(17)16-8-11-12(15)9-6-4-5-7-10(9)19-11/h4-7H,8H2,1-3H3,(H,16,17). The normalized spacial score (nSPS) is 11.6. The molecule has 0 saturated heterocycles. The second-order valence-corrected chi connectivity index (χ2v) is 7.12. The van der Waals surface area contributed by atoms with Gasteiger partial charge in [-0.05, 0) is 42.8 Å². The third-order valence-corrected chi connectivity index (χ3v) is 4.73. The fourth-order valence-electron chi connectivity index (χ4n) is 1.65. The molecule has 1 aromatic heterocycles. The first-order valence-electron chi connectivity index (χ1n) is 5.99. The van der Waals surface area contributed by atoms with Crippen LogP contribution in [0.5, 0.6) is 0 Å². The van der Waals surface area contributed by atoms with Gasteiger partial charge in [0.25, 0.3) is 0 Å². The van der Waals surface area contributed by atoms with E-state index in [0.29, 0.717) is 6.54 Å². The Morgan fingerprint density at radius 3 is 2.68 bits per heavy atom. The molecule has 0 aliphatic heterocycles. The van der Waals surface area contributed by atoms with Gasteiger partial charge in [-0.25, -0.2) is 4.79 Å². The number of alkyl carbamates (subject to hydrolysis) is 1. The van der Waals surface area contributed by atoms with Gasteiger partial charge in [-0.2, -0.15) is 0 Å². The highest BCUT2D eigenvalue weighted by molar-refractivity contribution is 9.10. The van der Waals surface area contributed by atoms with E-state index in [1.165, 1.54) is 10.1 Å². The van der Waals surface area contributed by atoms with E-state index in [1.807, 2.05) is 32.9 Å². The molecule has 0 radical (unpaired) electrons. The number of hydrogen-bond donors (Lipinski definition) is 1. The van der Waals surface area contributed by atoms with Gasteiger partial charge in [0, 0.05) is 19.4 Å². The maximum absolute atomic E-state index is 11.6. The smallest absolute Gasteiger partial charge is 0.407 e. The van der Waals surface area contributed by atoms with E-state index in [9.17, 15) is 4.79 Å². The molecule has 102 valence electrons. The van der Waals surface area contributed by atoms with Crippen molar-refractivity contribution < 1.29 is 9.53 Å². The summed E-state index contributed by atoms with van der Waals surface area (Å²) in [6.45, 7) is 6.01. The van der Waals surface area contributed by atoms with Gasteiger partial charge in [-0.1, -0.05) is 18.2 Å². The third-order valence-electron chi connectivity index (χ3n) is 2.39. The number of carbonyl (C=O) groups excluding carboxylic acids is 1. The average molecular weight is 342 g/mol. The minimum atomic E-state index is -0.471. The van der Waals surface area contributed by atoms with Crippen LogP contribution >= 0.6 is 27.3 Å². The van der Waals surface area contributed by atoms with Crippen molar-refractivity contribution in [2.24, 2.45) is 0 Å². The van der Waals surface area contributed by atoms with Gasteiger partial charge in [0.05, 0.1) is 6.54 Å². The molecule has 0 aliphatic rings. The second kappa shape index (κ2) is 5.51. The van der Waals surface area contributed by atoms with Crippen LogP contribution in [-0.2, 0) is 11.3 Å². The van der Waals surface area contributed by atoms with E-state index in [-0.39, 0.29) is 0 Å². The van der Waals surface area contributed by atoms with Crippen molar-refractivity contribution in [1.82, 2.24) is 5.32 Å². The molecule has 0 spiro atoms. The maximum Gasteiger partial charge on any atom is 0.407 e. The Balaban J connectivity index is 2.06. The monoisotopic (exact) mass is 341 g/mol. The summed E-state index contributed by atoms with van der Waals surface area (Å²) < 4.78 is 7.46. The molecule has 19 heavy (non-hydrogen) atoms. The number of amides is 1. The van der Waals surface area contributed by atoms with E-state index in [1.54, 1.807) is 11.3 Å². The number of thiophene rings is 1. The Hall–Kier alpha value is -1.07. The third kappa shape index (κ3) is 3.70. The van der Waals surface area contributed by atoms with Gasteiger partial charge in [0.2, 0.25) is 0 Å². The predicted octanol–water partition coefficient (Wildman–Crippen LogP) is 4.69. The molecule has 0 fully saturated rings. The number of rotatable bonds is 2. The summed E-state index contributed by atoms with van der Waals surface area (Å²) in [5.41, 5.74) is -0.471. The Morgan fingerprint density at radius 1 is 1.37 bits per heavy atom. The molecule has 0 unspecified atom stereocenters. The number of ether oxygens (including phenoxy) is 1. The molecule has 1 N–H and O–H groups in total. The lowest BCUT2D eigenvalue weighted by Gasteiger charge is -2.19. The SMILES string of the molecule is CC(C)(C)OC(=O)NCc1sc2ccccc2c1Br. The summed E-state index contributed by atoms with van der Waals surface area (Å²) in [5.74, 6) is 0. The minimum absolute atomic E-state index is 0.392. The molecule has 2 aromatic rings. The van der Waals surface area contributed by atoms with E-state index in [0.717, 1.165) is 9.35 Å². The molecular weight excluding hydrogens is 326 g/mol. The largest absolute Gasteiger partial charge is 0.444 e. The van der Waals surface area contributed by atoms with E-state index < -0.39 is 11.7 Å². The highest BCUT2D eigenvalue weighted by Crippen LogP contribution is 2.35. The van der Waals surface area contributed by atoms with Crippen molar-refractivity contribution in [3.8, 4) is 0 Å². The second-order valence-electron chi connectivity index (χ2n) is 5.19.